The van der Waals surface area contributed by atoms with Gasteiger partial charge >= 0.3 is 0 Å². The number of ether oxygens (including phenoxy) is 1. The van der Waals surface area contributed by atoms with E-state index in [-0.39, 0.29) is 18.9 Å². The third-order valence-electron chi connectivity index (χ3n) is 3.87. The van der Waals surface area contributed by atoms with Gasteiger partial charge < -0.3 is 20.5 Å². The maximum absolute atomic E-state index is 12.3. The second kappa shape index (κ2) is 6.79. The smallest absolute Gasteiger partial charge is 0.251 e. The number of hydrogen-bond acceptors (Lipinski definition) is 4. The van der Waals surface area contributed by atoms with Crippen LogP contribution in [-0.4, -0.2) is 47.1 Å². The fraction of sp³-hybridized carbons (Fsp3) is 0.500. The molecule has 1 aliphatic heterocycles. The third-order valence-corrected chi connectivity index (χ3v) is 3.87. The zero-order valence-electron chi connectivity index (χ0n) is 12.7. The van der Waals surface area contributed by atoms with Crippen LogP contribution >= 0.6 is 0 Å². The molecule has 0 saturated carbocycles. The monoisotopic (exact) mass is 306 g/mol. The van der Waals surface area contributed by atoms with Crippen LogP contribution < -0.4 is 10.5 Å². The number of β-amino-alcohol motifs (C(OH)–C–C–N with tert-alkyl or cyclic N) is 1. The molecule has 0 aliphatic carbocycles. The summed E-state index contributed by atoms with van der Waals surface area (Å²) in [5.41, 5.74) is 4.48. The highest BCUT2D eigenvalue weighted by Crippen LogP contribution is 2.22. The lowest BCUT2D eigenvalue weighted by atomic mass is 9.92. The van der Waals surface area contributed by atoms with Crippen molar-refractivity contribution in [2.24, 2.45) is 5.73 Å². The number of likely N-dealkylation sites (tertiary alicyclic amines) is 1. The predicted octanol–water partition coefficient (Wildman–Crippen LogP) is 0.467. The van der Waals surface area contributed by atoms with E-state index >= 15 is 0 Å². The van der Waals surface area contributed by atoms with Crippen LogP contribution in [0, 0.1) is 0 Å². The summed E-state index contributed by atoms with van der Waals surface area (Å²) in [4.78, 5) is 25.1. The minimum absolute atomic E-state index is 0.0296. The highest BCUT2D eigenvalue weighted by Gasteiger charge is 2.39. The quantitative estimate of drug-likeness (QED) is 0.827. The molecule has 1 atom stereocenters. The zero-order valence-corrected chi connectivity index (χ0v) is 12.7. The molecular weight excluding hydrogens is 284 g/mol. The van der Waals surface area contributed by atoms with Crippen LogP contribution in [-0.2, 0) is 16.0 Å². The van der Waals surface area contributed by atoms with Crippen LogP contribution in [0.1, 0.15) is 25.3 Å². The summed E-state index contributed by atoms with van der Waals surface area (Å²) < 4.78 is 5.36. The highest BCUT2D eigenvalue weighted by molar-refractivity contribution is 5.85. The van der Waals surface area contributed by atoms with Crippen molar-refractivity contribution < 1.29 is 19.4 Å². The van der Waals surface area contributed by atoms with Crippen molar-refractivity contribution in [3.63, 3.8) is 0 Å². The van der Waals surface area contributed by atoms with E-state index in [4.69, 9.17) is 10.5 Å². The van der Waals surface area contributed by atoms with E-state index in [0.717, 1.165) is 11.3 Å². The zero-order chi connectivity index (χ0) is 16.2. The number of carbonyl (C=O) groups is 2. The third kappa shape index (κ3) is 3.76. The lowest BCUT2D eigenvalue weighted by molar-refractivity contribution is -0.148. The SMILES string of the molecule is CCOc1ccc(CC(=O)N2CCC[C@](O)(C(N)=O)C2)cc1. The van der Waals surface area contributed by atoms with Gasteiger partial charge in [-0.1, -0.05) is 12.1 Å². The van der Waals surface area contributed by atoms with Gasteiger partial charge in [-0.25, -0.2) is 0 Å². The summed E-state index contributed by atoms with van der Waals surface area (Å²) in [6.07, 6.45) is 1.09. The van der Waals surface area contributed by atoms with Gasteiger partial charge in [0, 0.05) is 6.54 Å². The first-order valence-electron chi connectivity index (χ1n) is 7.46. The molecule has 1 aromatic rings. The predicted molar refractivity (Wildman–Crippen MR) is 81.3 cm³/mol. The second-order valence-electron chi connectivity index (χ2n) is 5.57. The number of hydrogen-bond donors (Lipinski definition) is 2. The van der Waals surface area contributed by atoms with Gasteiger partial charge in [-0.3, -0.25) is 9.59 Å². The van der Waals surface area contributed by atoms with Gasteiger partial charge in [-0.15, -0.1) is 0 Å². The molecule has 2 amide bonds. The number of nitrogens with two attached hydrogens (primary N) is 1. The largest absolute Gasteiger partial charge is 0.494 e. The average Bonchev–Trinajstić information content (AvgIpc) is 2.49. The molecule has 0 spiro atoms. The Bertz CT molecular complexity index is 544. The minimum atomic E-state index is -1.60. The molecule has 1 saturated heterocycles. The molecule has 1 fully saturated rings. The molecule has 1 aromatic carbocycles. The van der Waals surface area contributed by atoms with Gasteiger partial charge in [0.2, 0.25) is 5.91 Å². The molecule has 2 rings (SSSR count). The molecule has 6 nitrogen and oxygen atoms in total. The number of primary amides is 1. The van der Waals surface area contributed by atoms with E-state index in [9.17, 15) is 14.7 Å². The van der Waals surface area contributed by atoms with Crippen molar-refractivity contribution in [2.45, 2.75) is 31.8 Å². The van der Waals surface area contributed by atoms with Gasteiger partial charge in [0.25, 0.3) is 5.91 Å². The van der Waals surface area contributed by atoms with E-state index in [1.54, 1.807) is 0 Å². The summed E-state index contributed by atoms with van der Waals surface area (Å²) >= 11 is 0. The Morgan fingerprint density at radius 3 is 2.64 bits per heavy atom. The maximum Gasteiger partial charge on any atom is 0.251 e. The molecule has 1 aliphatic rings. The number of amides is 2. The van der Waals surface area contributed by atoms with Crippen molar-refractivity contribution in [3.8, 4) is 5.75 Å². The van der Waals surface area contributed by atoms with E-state index < -0.39 is 11.5 Å². The number of benzene rings is 1. The summed E-state index contributed by atoms with van der Waals surface area (Å²) in [5, 5.41) is 10.1. The van der Waals surface area contributed by atoms with Crippen molar-refractivity contribution in [1.29, 1.82) is 0 Å². The number of nitrogens with zero attached hydrogens (tertiary/aromatic N) is 1. The molecular formula is C16H22N2O4. The number of aliphatic hydroxyl groups is 1. The van der Waals surface area contributed by atoms with Crippen molar-refractivity contribution in [1.82, 2.24) is 4.90 Å². The van der Waals surface area contributed by atoms with Gasteiger partial charge in [-0.2, -0.15) is 0 Å². The van der Waals surface area contributed by atoms with Crippen molar-refractivity contribution in [3.05, 3.63) is 29.8 Å². The standard InChI is InChI=1S/C16H22N2O4/c1-2-22-13-6-4-12(5-7-13)10-14(19)18-9-3-8-16(21,11-18)15(17)20/h4-7,21H,2-3,8-11H2,1H3,(H2,17,20)/t16-/m1/s1. The molecule has 3 N–H and O–H groups in total. The van der Waals surface area contributed by atoms with E-state index in [0.29, 0.717) is 26.0 Å². The topological polar surface area (TPSA) is 92.9 Å². The van der Waals surface area contributed by atoms with Crippen LogP contribution in [0.25, 0.3) is 0 Å². The lowest BCUT2D eigenvalue weighted by Crippen LogP contribution is -2.57. The van der Waals surface area contributed by atoms with Gasteiger partial charge in [0.05, 0.1) is 19.6 Å². The minimum Gasteiger partial charge on any atom is -0.494 e. The van der Waals surface area contributed by atoms with Crippen molar-refractivity contribution >= 4 is 11.8 Å². The van der Waals surface area contributed by atoms with Crippen LogP contribution in [0.5, 0.6) is 5.75 Å². The Morgan fingerprint density at radius 2 is 2.05 bits per heavy atom. The van der Waals surface area contributed by atoms with Crippen LogP contribution in [0.2, 0.25) is 0 Å². The molecule has 22 heavy (non-hydrogen) atoms. The van der Waals surface area contributed by atoms with E-state index in [1.807, 2.05) is 31.2 Å². The Hall–Kier alpha value is -2.08. The average molecular weight is 306 g/mol. The molecule has 0 radical (unpaired) electrons. The van der Waals surface area contributed by atoms with Gasteiger partial charge in [-0.05, 0) is 37.5 Å². The van der Waals surface area contributed by atoms with E-state index in [2.05, 4.69) is 0 Å². The number of carbonyl (C=O) groups excluding carboxylic acids is 2. The molecule has 0 unspecified atom stereocenters. The fourth-order valence-corrected chi connectivity index (χ4v) is 2.61. The highest BCUT2D eigenvalue weighted by atomic mass is 16.5. The number of piperidine rings is 1. The summed E-state index contributed by atoms with van der Waals surface area (Å²) in [6.45, 7) is 3.01. The maximum atomic E-state index is 12.3. The van der Waals surface area contributed by atoms with Crippen molar-refractivity contribution in [2.75, 3.05) is 19.7 Å². The summed E-state index contributed by atoms with van der Waals surface area (Å²) in [6, 6.07) is 7.32. The molecule has 120 valence electrons. The van der Waals surface area contributed by atoms with Crippen LogP contribution in [0.3, 0.4) is 0 Å². The van der Waals surface area contributed by atoms with E-state index in [1.165, 1.54) is 4.90 Å². The van der Waals surface area contributed by atoms with Crippen LogP contribution in [0.4, 0.5) is 0 Å². The Morgan fingerprint density at radius 1 is 1.36 bits per heavy atom. The Balaban J connectivity index is 1.98. The number of rotatable bonds is 5. The molecule has 0 bridgehead atoms. The van der Waals surface area contributed by atoms with Crippen LogP contribution in [0.15, 0.2) is 24.3 Å². The van der Waals surface area contributed by atoms with Gasteiger partial charge in [0.15, 0.2) is 5.60 Å². The summed E-state index contributed by atoms with van der Waals surface area (Å²) in [7, 11) is 0. The molecule has 6 heteroatoms. The first kappa shape index (κ1) is 16.3. The summed E-state index contributed by atoms with van der Waals surface area (Å²) in [5.74, 6) is -0.130. The normalized spacial score (nSPS) is 21.5. The molecule has 1 heterocycles. The fourth-order valence-electron chi connectivity index (χ4n) is 2.61. The Labute approximate surface area is 129 Å². The first-order valence-corrected chi connectivity index (χ1v) is 7.46. The first-order chi connectivity index (χ1) is 10.4. The lowest BCUT2D eigenvalue weighted by Gasteiger charge is -2.37. The second-order valence-corrected chi connectivity index (χ2v) is 5.57. The molecule has 0 aromatic heterocycles. The van der Waals surface area contributed by atoms with Gasteiger partial charge in [0.1, 0.15) is 5.75 Å². The Kier molecular flexibility index (Phi) is 5.03.